The highest BCUT2D eigenvalue weighted by Gasteiger charge is 2.29. The first-order chi connectivity index (χ1) is 10.6. The van der Waals surface area contributed by atoms with Gasteiger partial charge in [-0.1, -0.05) is 12.1 Å². The standard InChI is InChI=1S/C16H18FN3O2/c17-13-3-1-11(2-4-13)15(21)12-6-9-20(10-7-12)16(22)14-5-8-18-19-14/h1-5,8,12,15,21H,6-7,9-10H2,(H,18,19). The number of aliphatic hydroxyl groups is 1. The Morgan fingerprint density at radius 1 is 1.27 bits per heavy atom. The summed E-state index contributed by atoms with van der Waals surface area (Å²) in [5.74, 6) is -0.292. The number of nitrogens with zero attached hydrogens (tertiary/aromatic N) is 2. The highest BCUT2D eigenvalue weighted by Crippen LogP contribution is 2.31. The van der Waals surface area contributed by atoms with E-state index in [0.29, 0.717) is 18.8 Å². The van der Waals surface area contributed by atoms with Crippen LogP contribution in [0.5, 0.6) is 0 Å². The number of carbonyl (C=O) groups is 1. The van der Waals surface area contributed by atoms with E-state index in [1.165, 1.54) is 12.1 Å². The zero-order chi connectivity index (χ0) is 15.5. The van der Waals surface area contributed by atoms with Gasteiger partial charge < -0.3 is 10.0 Å². The molecule has 1 amide bonds. The summed E-state index contributed by atoms with van der Waals surface area (Å²) >= 11 is 0. The number of halogens is 1. The number of piperidine rings is 1. The van der Waals surface area contributed by atoms with Crippen molar-refractivity contribution in [2.75, 3.05) is 13.1 Å². The van der Waals surface area contributed by atoms with Gasteiger partial charge in [-0.3, -0.25) is 9.89 Å². The van der Waals surface area contributed by atoms with E-state index in [9.17, 15) is 14.3 Å². The van der Waals surface area contributed by atoms with Gasteiger partial charge in [0.15, 0.2) is 0 Å². The first kappa shape index (κ1) is 14.7. The van der Waals surface area contributed by atoms with Crippen molar-refractivity contribution in [2.45, 2.75) is 18.9 Å². The van der Waals surface area contributed by atoms with E-state index in [1.807, 2.05) is 0 Å². The quantitative estimate of drug-likeness (QED) is 0.912. The van der Waals surface area contributed by atoms with Crippen LogP contribution in [0.15, 0.2) is 36.5 Å². The summed E-state index contributed by atoms with van der Waals surface area (Å²) in [6.45, 7) is 1.20. The Morgan fingerprint density at radius 2 is 1.95 bits per heavy atom. The first-order valence-corrected chi connectivity index (χ1v) is 7.37. The Balaban J connectivity index is 1.59. The molecule has 2 N–H and O–H groups in total. The Labute approximate surface area is 127 Å². The Kier molecular flexibility index (Phi) is 4.20. The fourth-order valence-corrected chi connectivity index (χ4v) is 2.90. The minimum absolute atomic E-state index is 0.0628. The van der Waals surface area contributed by atoms with Crippen LogP contribution in [-0.4, -0.2) is 39.2 Å². The van der Waals surface area contributed by atoms with Crippen LogP contribution in [-0.2, 0) is 0 Å². The molecule has 0 aliphatic carbocycles. The van der Waals surface area contributed by atoms with Gasteiger partial charge in [0.2, 0.25) is 0 Å². The predicted molar refractivity (Wildman–Crippen MR) is 78.6 cm³/mol. The molecule has 1 atom stereocenters. The number of aromatic amines is 1. The molecule has 3 rings (SSSR count). The van der Waals surface area contributed by atoms with Gasteiger partial charge >= 0.3 is 0 Å². The lowest BCUT2D eigenvalue weighted by molar-refractivity contribution is 0.0458. The molecule has 1 unspecified atom stereocenters. The van der Waals surface area contributed by atoms with Crippen molar-refractivity contribution in [3.8, 4) is 0 Å². The lowest BCUT2D eigenvalue weighted by Crippen LogP contribution is -2.40. The number of rotatable bonds is 3. The molecule has 1 aromatic carbocycles. The van der Waals surface area contributed by atoms with E-state index >= 15 is 0 Å². The van der Waals surface area contributed by atoms with Crippen molar-refractivity contribution in [1.82, 2.24) is 15.1 Å². The molecule has 6 heteroatoms. The normalized spacial score (nSPS) is 17.5. The van der Waals surface area contributed by atoms with Crippen molar-refractivity contribution >= 4 is 5.91 Å². The second kappa shape index (κ2) is 6.27. The molecular formula is C16H18FN3O2. The van der Waals surface area contributed by atoms with Crippen LogP contribution >= 0.6 is 0 Å². The third-order valence-corrected chi connectivity index (χ3v) is 4.22. The largest absolute Gasteiger partial charge is 0.388 e. The summed E-state index contributed by atoms with van der Waals surface area (Å²) in [6.07, 6.45) is 2.37. The smallest absolute Gasteiger partial charge is 0.271 e. The molecule has 5 nitrogen and oxygen atoms in total. The van der Waals surface area contributed by atoms with Gasteiger partial charge in [-0.2, -0.15) is 5.10 Å². The lowest BCUT2D eigenvalue weighted by Gasteiger charge is -2.34. The molecule has 1 aliphatic rings. The van der Waals surface area contributed by atoms with Crippen molar-refractivity contribution in [1.29, 1.82) is 0 Å². The zero-order valence-corrected chi connectivity index (χ0v) is 12.1. The van der Waals surface area contributed by atoms with Crippen LogP contribution in [0.1, 0.15) is 35.0 Å². The number of hydrogen-bond donors (Lipinski definition) is 2. The molecule has 1 fully saturated rings. The van der Waals surface area contributed by atoms with Gasteiger partial charge in [0, 0.05) is 19.3 Å². The maximum Gasteiger partial charge on any atom is 0.271 e. The maximum atomic E-state index is 12.9. The van der Waals surface area contributed by atoms with Gasteiger partial charge in [0.1, 0.15) is 11.5 Å². The molecule has 2 heterocycles. The number of benzene rings is 1. The number of amides is 1. The van der Waals surface area contributed by atoms with Gasteiger partial charge in [-0.25, -0.2) is 4.39 Å². The van der Waals surface area contributed by atoms with Crippen LogP contribution in [0.2, 0.25) is 0 Å². The molecular weight excluding hydrogens is 285 g/mol. The maximum absolute atomic E-state index is 12.9. The number of nitrogens with one attached hydrogen (secondary N) is 1. The van der Waals surface area contributed by atoms with Gasteiger partial charge in [-0.05, 0) is 42.5 Å². The summed E-state index contributed by atoms with van der Waals surface area (Å²) < 4.78 is 12.9. The summed E-state index contributed by atoms with van der Waals surface area (Å²) in [5, 5.41) is 16.9. The Bertz CT molecular complexity index is 619. The van der Waals surface area contributed by atoms with E-state index in [0.717, 1.165) is 18.4 Å². The predicted octanol–water partition coefficient (Wildman–Crippen LogP) is 2.13. The van der Waals surface area contributed by atoms with Gasteiger partial charge in [0.05, 0.1) is 6.10 Å². The van der Waals surface area contributed by atoms with Crippen LogP contribution in [0.4, 0.5) is 4.39 Å². The van der Waals surface area contributed by atoms with Crippen LogP contribution in [0.3, 0.4) is 0 Å². The second-order valence-corrected chi connectivity index (χ2v) is 5.60. The Hall–Kier alpha value is -2.21. The van der Waals surface area contributed by atoms with Gasteiger partial charge in [0.25, 0.3) is 5.91 Å². The highest BCUT2D eigenvalue weighted by molar-refractivity contribution is 5.92. The molecule has 1 aromatic heterocycles. The summed E-state index contributed by atoms with van der Waals surface area (Å²) in [7, 11) is 0. The summed E-state index contributed by atoms with van der Waals surface area (Å²) in [5.41, 5.74) is 1.21. The fourth-order valence-electron chi connectivity index (χ4n) is 2.90. The fraction of sp³-hybridized carbons (Fsp3) is 0.375. The average molecular weight is 303 g/mol. The van der Waals surface area contributed by atoms with Crippen molar-refractivity contribution in [3.05, 3.63) is 53.6 Å². The number of carbonyl (C=O) groups excluding carboxylic acids is 1. The lowest BCUT2D eigenvalue weighted by atomic mass is 9.87. The molecule has 0 spiro atoms. The van der Waals surface area contributed by atoms with E-state index in [1.54, 1.807) is 29.3 Å². The molecule has 0 radical (unpaired) electrons. The second-order valence-electron chi connectivity index (χ2n) is 5.60. The van der Waals surface area contributed by atoms with E-state index in [2.05, 4.69) is 10.2 Å². The highest BCUT2D eigenvalue weighted by atomic mass is 19.1. The molecule has 1 aliphatic heterocycles. The average Bonchev–Trinajstić information content (AvgIpc) is 3.09. The third kappa shape index (κ3) is 3.01. The minimum Gasteiger partial charge on any atom is -0.388 e. The van der Waals surface area contributed by atoms with Crippen LogP contribution in [0, 0.1) is 11.7 Å². The number of likely N-dealkylation sites (tertiary alicyclic amines) is 1. The van der Waals surface area contributed by atoms with Crippen LogP contribution < -0.4 is 0 Å². The number of hydrogen-bond acceptors (Lipinski definition) is 3. The number of aromatic nitrogens is 2. The first-order valence-electron chi connectivity index (χ1n) is 7.37. The molecule has 22 heavy (non-hydrogen) atoms. The van der Waals surface area contributed by atoms with Crippen LogP contribution in [0.25, 0.3) is 0 Å². The van der Waals surface area contributed by atoms with E-state index in [4.69, 9.17) is 0 Å². The van der Waals surface area contributed by atoms with Crippen molar-refractivity contribution < 1.29 is 14.3 Å². The zero-order valence-electron chi connectivity index (χ0n) is 12.1. The third-order valence-electron chi connectivity index (χ3n) is 4.22. The van der Waals surface area contributed by atoms with E-state index < -0.39 is 6.10 Å². The van der Waals surface area contributed by atoms with Gasteiger partial charge in [-0.15, -0.1) is 0 Å². The topological polar surface area (TPSA) is 69.2 Å². The van der Waals surface area contributed by atoms with Crippen molar-refractivity contribution in [2.24, 2.45) is 5.92 Å². The number of H-pyrrole nitrogens is 1. The minimum atomic E-state index is -0.620. The molecule has 0 saturated carbocycles. The molecule has 116 valence electrons. The number of aliphatic hydroxyl groups excluding tert-OH is 1. The van der Waals surface area contributed by atoms with E-state index in [-0.39, 0.29) is 17.6 Å². The Morgan fingerprint density at radius 3 is 2.55 bits per heavy atom. The molecule has 2 aromatic rings. The summed E-state index contributed by atoms with van der Waals surface area (Å²) in [6, 6.07) is 7.59. The molecule has 0 bridgehead atoms. The van der Waals surface area contributed by atoms with Crippen molar-refractivity contribution in [3.63, 3.8) is 0 Å². The SMILES string of the molecule is O=C(c1ccn[nH]1)N1CCC(C(O)c2ccc(F)cc2)CC1. The summed E-state index contributed by atoms with van der Waals surface area (Å²) in [4.78, 5) is 14.0. The monoisotopic (exact) mass is 303 g/mol. The molecule has 1 saturated heterocycles.